The van der Waals surface area contributed by atoms with Crippen molar-refractivity contribution in [3.8, 4) is 5.75 Å². The van der Waals surface area contributed by atoms with E-state index in [-0.39, 0.29) is 12.2 Å². The molecule has 4 nitrogen and oxygen atoms in total. The number of alkyl halides is 3. The van der Waals surface area contributed by atoms with Crippen molar-refractivity contribution < 1.29 is 22.7 Å². The lowest BCUT2D eigenvalue weighted by Crippen LogP contribution is -2.40. The number of hydrogen-bond donors (Lipinski definition) is 1. The van der Waals surface area contributed by atoms with Gasteiger partial charge in [-0.05, 0) is 47.4 Å². The van der Waals surface area contributed by atoms with E-state index in [1.54, 1.807) is 49.6 Å². The second kappa shape index (κ2) is 9.67. The molecule has 1 aliphatic carbocycles. The van der Waals surface area contributed by atoms with Gasteiger partial charge in [0.25, 0.3) is 0 Å². The minimum atomic E-state index is -4.95. The van der Waals surface area contributed by atoms with Crippen LogP contribution < -0.4 is 15.0 Å². The molecule has 7 heteroatoms. The zero-order chi connectivity index (χ0) is 23.4. The maximum atomic E-state index is 13.2. The third-order valence-corrected chi connectivity index (χ3v) is 5.80. The van der Waals surface area contributed by atoms with Crippen LogP contribution in [0.25, 0.3) is 0 Å². The smallest absolute Gasteiger partial charge is 0.471 e. The summed E-state index contributed by atoms with van der Waals surface area (Å²) in [4.78, 5) is 12.9. The van der Waals surface area contributed by atoms with Gasteiger partial charge in [-0.1, -0.05) is 54.6 Å². The van der Waals surface area contributed by atoms with Crippen LogP contribution in [0.5, 0.6) is 5.75 Å². The summed E-state index contributed by atoms with van der Waals surface area (Å²) >= 11 is 0. The Labute approximate surface area is 191 Å². The van der Waals surface area contributed by atoms with Crippen molar-refractivity contribution in [1.29, 1.82) is 0 Å². The van der Waals surface area contributed by atoms with E-state index in [0.29, 0.717) is 24.1 Å². The quantitative estimate of drug-likeness (QED) is 0.493. The molecule has 2 atom stereocenters. The van der Waals surface area contributed by atoms with Crippen LogP contribution >= 0.6 is 0 Å². The molecule has 2 unspecified atom stereocenters. The van der Waals surface area contributed by atoms with Gasteiger partial charge in [-0.2, -0.15) is 13.2 Å². The van der Waals surface area contributed by atoms with Crippen LogP contribution in [-0.2, 0) is 17.9 Å². The van der Waals surface area contributed by atoms with Gasteiger partial charge >= 0.3 is 12.1 Å². The van der Waals surface area contributed by atoms with Crippen molar-refractivity contribution >= 4 is 11.6 Å². The highest BCUT2D eigenvalue weighted by atomic mass is 19.4. The Hall–Kier alpha value is -3.32. The first-order valence-electron chi connectivity index (χ1n) is 10.7. The number of ether oxygens (including phenoxy) is 1. The number of benzene rings is 3. The van der Waals surface area contributed by atoms with Crippen LogP contribution in [0.15, 0.2) is 78.9 Å². The third-order valence-electron chi connectivity index (χ3n) is 5.80. The number of nitrogens with zero attached hydrogens (tertiary/aromatic N) is 1. The van der Waals surface area contributed by atoms with Crippen LogP contribution in [-0.4, -0.2) is 25.2 Å². The summed E-state index contributed by atoms with van der Waals surface area (Å²) in [6, 6.07) is 23.6. The number of amides is 1. The Morgan fingerprint density at radius 2 is 1.70 bits per heavy atom. The first kappa shape index (κ1) is 22.9. The molecule has 4 rings (SSSR count). The molecule has 1 N–H and O–H groups in total. The molecule has 1 amide bonds. The van der Waals surface area contributed by atoms with Gasteiger partial charge in [0.15, 0.2) is 0 Å². The average Bonchev–Trinajstić information content (AvgIpc) is 3.61. The van der Waals surface area contributed by atoms with Crippen molar-refractivity contribution in [3.05, 3.63) is 95.6 Å². The molecule has 0 aliphatic heterocycles. The van der Waals surface area contributed by atoms with Gasteiger partial charge in [-0.15, -0.1) is 0 Å². The molecule has 0 aromatic heterocycles. The number of hydrogen-bond acceptors (Lipinski definition) is 3. The molecule has 1 saturated carbocycles. The van der Waals surface area contributed by atoms with E-state index in [9.17, 15) is 18.0 Å². The van der Waals surface area contributed by atoms with Crippen molar-refractivity contribution in [2.75, 3.05) is 12.0 Å². The minimum absolute atomic E-state index is 0.146. The number of halogens is 3. The monoisotopic (exact) mass is 454 g/mol. The van der Waals surface area contributed by atoms with Crippen LogP contribution in [0.4, 0.5) is 18.9 Å². The molecule has 0 bridgehead atoms. The van der Waals surface area contributed by atoms with E-state index >= 15 is 0 Å². The lowest BCUT2D eigenvalue weighted by molar-refractivity contribution is -0.170. The van der Waals surface area contributed by atoms with Crippen LogP contribution in [0.3, 0.4) is 0 Å². The number of rotatable bonds is 8. The molecule has 0 heterocycles. The largest absolute Gasteiger partial charge is 0.497 e. The minimum Gasteiger partial charge on any atom is -0.497 e. The second-order valence-corrected chi connectivity index (χ2v) is 8.15. The molecular weight excluding hydrogens is 429 g/mol. The van der Waals surface area contributed by atoms with Gasteiger partial charge in [-0.3, -0.25) is 4.79 Å². The van der Waals surface area contributed by atoms with Gasteiger partial charge in [0, 0.05) is 24.2 Å². The summed E-state index contributed by atoms with van der Waals surface area (Å²) in [5.74, 6) is -0.764. The van der Waals surface area contributed by atoms with E-state index in [0.717, 1.165) is 28.2 Å². The molecule has 33 heavy (non-hydrogen) atoms. The van der Waals surface area contributed by atoms with Gasteiger partial charge in [0.05, 0.1) is 13.7 Å². The summed E-state index contributed by atoms with van der Waals surface area (Å²) in [5.41, 5.74) is 3.02. The molecule has 3 aromatic rings. The van der Waals surface area contributed by atoms with Crippen molar-refractivity contribution in [1.82, 2.24) is 5.32 Å². The Bertz CT molecular complexity index is 1080. The highest BCUT2D eigenvalue weighted by Gasteiger charge is 2.43. The molecule has 3 aromatic carbocycles. The van der Waals surface area contributed by atoms with Gasteiger partial charge in [0.2, 0.25) is 0 Å². The zero-order valence-corrected chi connectivity index (χ0v) is 18.2. The van der Waals surface area contributed by atoms with Gasteiger partial charge in [-0.25, -0.2) is 0 Å². The number of anilines is 1. The Morgan fingerprint density at radius 1 is 1.00 bits per heavy atom. The third kappa shape index (κ3) is 5.73. The maximum Gasteiger partial charge on any atom is 0.471 e. The summed E-state index contributed by atoms with van der Waals surface area (Å²) in [6.07, 6.45) is -3.99. The van der Waals surface area contributed by atoms with Crippen LogP contribution in [0.2, 0.25) is 0 Å². The number of carbonyl (C=O) groups is 1. The van der Waals surface area contributed by atoms with Crippen molar-refractivity contribution in [3.63, 3.8) is 0 Å². The topological polar surface area (TPSA) is 41.6 Å². The Kier molecular flexibility index (Phi) is 6.70. The molecule has 0 spiro atoms. The predicted octanol–water partition coefficient (Wildman–Crippen LogP) is 5.44. The molecule has 0 radical (unpaired) electrons. The van der Waals surface area contributed by atoms with Gasteiger partial charge < -0.3 is 15.0 Å². The van der Waals surface area contributed by atoms with Crippen molar-refractivity contribution in [2.24, 2.45) is 0 Å². The van der Waals surface area contributed by atoms with Crippen molar-refractivity contribution in [2.45, 2.75) is 37.6 Å². The van der Waals surface area contributed by atoms with E-state index < -0.39 is 12.1 Å². The first-order valence-corrected chi connectivity index (χ1v) is 10.7. The zero-order valence-electron chi connectivity index (χ0n) is 18.2. The molecule has 172 valence electrons. The summed E-state index contributed by atoms with van der Waals surface area (Å²) in [5, 5.41) is 3.51. The van der Waals surface area contributed by atoms with Gasteiger partial charge in [0.1, 0.15) is 5.75 Å². The molecular formula is C26H25F3N2O2. The normalized spacial score (nSPS) is 17.5. The van der Waals surface area contributed by atoms with E-state index in [1.807, 2.05) is 36.4 Å². The summed E-state index contributed by atoms with van der Waals surface area (Å²) in [7, 11) is 1.64. The summed E-state index contributed by atoms with van der Waals surface area (Å²) in [6.45, 7) is 0.564. The number of methoxy groups -OCH3 is 1. The maximum absolute atomic E-state index is 13.2. The summed E-state index contributed by atoms with van der Waals surface area (Å²) < 4.78 is 44.9. The fraction of sp³-hybridized carbons (Fsp3) is 0.269. The Balaban J connectivity index is 1.42. The lowest BCUT2D eigenvalue weighted by atomic mass is 10.1. The fourth-order valence-corrected chi connectivity index (χ4v) is 3.92. The predicted molar refractivity (Wildman–Crippen MR) is 121 cm³/mol. The molecule has 1 fully saturated rings. The molecule has 0 saturated heterocycles. The van der Waals surface area contributed by atoms with Crippen LogP contribution in [0, 0.1) is 0 Å². The second-order valence-electron chi connectivity index (χ2n) is 8.15. The van der Waals surface area contributed by atoms with Crippen LogP contribution in [0.1, 0.15) is 29.0 Å². The SMILES string of the molecule is COc1cccc(CNC2CC2c2ccc(N(Cc3ccccc3)C(=O)C(F)(F)F)cc2)c1. The number of carbonyl (C=O) groups excluding carboxylic acids is 1. The van der Waals surface area contributed by atoms with E-state index in [1.165, 1.54) is 0 Å². The standard InChI is InChI=1S/C26H25F3N2O2/c1-33-22-9-5-8-19(14-22)16-30-24-15-23(24)20-10-12-21(13-11-20)31(25(32)26(27,28)29)17-18-6-3-2-4-7-18/h2-14,23-24,30H,15-17H2,1H3. The fourth-order valence-electron chi connectivity index (χ4n) is 3.92. The van der Waals surface area contributed by atoms with E-state index in [4.69, 9.17) is 4.74 Å². The van der Waals surface area contributed by atoms with E-state index in [2.05, 4.69) is 5.32 Å². The highest BCUT2D eigenvalue weighted by molar-refractivity contribution is 5.97. The first-order chi connectivity index (χ1) is 15.8. The number of nitrogens with one attached hydrogen (secondary N) is 1. The highest BCUT2D eigenvalue weighted by Crippen LogP contribution is 2.41. The lowest BCUT2D eigenvalue weighted by Gasteiger charge is -2.24. The Morgan fingerprint density at radius 3 is 2.36 bits per heavy atom. The molecule has 1 aliphatic rings. The average molecular weight is 454 g/mol.